The van der Waals surface area contributed by atoms with Crippen LogP contribution in [0.5, 0.6) is 0 Å². The summed E-state index contributed by atoms with van der Waals surface area (Å²) in [5.41, 5.74) is 4.37. The Morgan fingerprint density at radius 3 is 2.67 bits per heavy atom. The van der Waals surface area contributed by atoms with Crippen LogP contribution in [-0.2, 0) is 5.75 Å². The van der Waals surface area contributed by atoms with Crippen molar-refractivity contribution in [3.05, 3.63) is 67.6 Å². The third kappa shape index (κ3) is 5.00. The first-order valence-electron chi connectivity index (χ1n) is 7.46. The fourth-order valence-corrected chi connectivity index (χ4v) is 3.49. The minimum Gasteiger partial charge on any atom is -0.334 e. The molecule has 0 aliphatic carbocycles. The van der Waals surface area contributed by atoms with E-state index in [9.17, 15) is 0 Å². The van der Waals surface area contributed by atoms with E-state index in [2.05, 4.69) is 20.7 Å². The number of hydrogen-bond donors (Lipinski definition) is 2. The van der Waals surface area contributed by atoms with Crippen molar-refractivity contribution in [3.63, 3.8) is 0 Å². The number of nitrogens with two attached hydrogens (primary N) is 1. The molecule has 3 rings (SSSR count). The maximum atomic E-state index is 6.10. The molecule has 11 heteroatoms. The van der Waals surface area contributed by atoms with E-state index < -0.39 is 0 Å². The molecule has 0 spiro atoms. The van der Waals surface area contributed by atoms with E-state index in [1.54, 1.807) is 30.3 Å². The number of benzene rings is 2. The highest BCUT2D eigenvalue weighted by Gasteiger charge is 2.10. The van der Waals surface area contributed by atoms with E-state index in [4.69, 9.17) is 52.2 Å². The second kappa shape index (κ2) is 9.03. The molecule has 1 heterocycles. The molecule has 27 heavy (non-hydrogen) atoms. The number of nitrogens with one attached hydrogen (secondary N) is 1. The molecule has 0 saturated heterocycles. The van der Waals surface area contributed by atoms with Crippen LogP contribution in [-0.4, -0.2) is 21.1 Å². The number of aromatic nitrogens is 3. The molecular weight excluding hydrogens is 450 g/mol. The third-order valence-electron chi connectivity index (χ3n) is 3.37. The van der Waals surface area contributed by atoms with Crippen molar-refractivity contribution < 1.29 is 0 Å². The molecule has 0 amide bonds. The number of nitrogen functional groups attached to an aromatic ring is 1. The second-order valence-corrected chi connectivity index (χ2v) is 7.77. The summed E-state index contributed by atoms with van der Waals surface area (Å²) in [6.07, 6.45) is 1.52. The van der Waals surface area contributed by atoms with Gasteiger partial charge in [0.05, 0.1) is 26.3 Å². The molecule has 0 bridgehead atoms. The predicted octanol–water partition coefficient (Wildman–Crippen LogP) is 5.34. The van der Waals surface area contributed by atoms with Crippen LogP contribution in [0.2, 0.25) is 20.1 Å². The summed E-state index contributed by atoms with van der Waals surface area (Å²) in [4.78, 5) is 0. The molecule has 3 aromatic rings. The van der Waals surface area contributed by atoms with E-state index in [-0.39, 0.29) is 5.95 Å². The lowest BCUT2D eigenvalue weighted by atomic mass is 10.2. The lowest BCUT2D eigenvalue weighted by Crippen LogP contribution is -2.13. The van der Waals surface area contributed by atoms with Gasteiger partial charge in [0.2, 0.25) is 5.16 Å². The lowest BCUT2D eigenvalue weighted by Gasteiger charge is -2.04. The molecule has 0 aliphatic heterocycles. The molecule has 0 atom stereocenters. The Hall–Kier alpha value is -1.64. The van der Waals surface area contributed by atoms with Crippen LogP contribution >= 0.6 is 58.2 Å². The van der Waals surface area contributed by atoms with Crippen molar-refractivity contribution in [3.8, 4) is 0 Å². The van der Waals surface area contributed by atoms with Crippen LogP contribution in [0.1, 0.15) is 11.1 Å². The Morgan fingerprint density at radius 1 is 1.07 bits per heavy atom. The van der Waals surface area contributed by atoms with Crippen molar-refractivity contribution >= 4 is 70.3 Å². The molecule has 0 unspecified atom stereocenters. The Labute approximate surface area is 179 Å². The van der Waals surface area contributed by atoms with Gasteiger partial charge in [-0.25, -0.2) is 10.1 Å². The molecule has 0 fully saturated rings. The molecular formula is C16H12Cl4N6S. The number of nitrogens with zero attached hydrogens (tertiary/aromatic N) is 4. The van der Waals surface area contributed by atoms with Crippen molar-refractivity contribution in [1.82, 2.24) is 14.9 Å². The van der Waals surface area contributed by atoms with Gasteiger partial charge in [-0.15, -0.1) is 10.2 Å². The van der Waals surface area contributed by atoms with Gasteiger partial charge in [-0.2, -0.15) is 5.10 Å². The normalized spacial score (nSPS) is 11.3. The smallest absolute Gasteiger partial charge is 0.264 e. The van der Waals surface area contributed by atoms with Crippen LogP contribution in [0, 0.1) is 0 Å². The van der Waals surface area contributed by atoms with E-state index >= 15 is 0 Å². The van der Waals surface area contributed by atoms with E-state index in [1.807, 2.05) is 6.07 Å². The van der Waals surface area contributed by atoms with Gasteiger partial charge in [-0.3, -0.25) is 0 Å². The Kier molecular flexibility index (Phi) is 6.73. The van der Waals surface area contributed by atoms with Crippen LogP contribution in [0.4, 0.5) is 5.95 Å². The van der Waals surface area contributed by atoms with Crippen LogP contribution < -0.4 is 11.3 Å². The first kappa shape index (κ1) is 20.1. The number of hydrogen-bond acceptors (Lipinski definition) is 6. The summed E-state index contributed by atoms with van der Waals surface area (Å²) < 4.78 is 1.30. The van der Waals surface area contributed by atoms with Gasteiger partial charge < -0.3 is 5.84 Å². The monoisotopic (exact) mass is 460 g/mol. The number of thioether (sulfide) groups is 1. The van der Waals surface area contributed by atoms with Crippen molar-refractivity contribution in [2.75, 3.05) is 11.3 Å². The molecule has 140 valence electrons. The minimum absolute atomic E-state index is 0.279. The maximum Gasteiger partial charge on any atom is 0.264 e. The highest BCUT2D eigenvalue weighted by molar-refractivity contribution is 7.98. The van der Waals surface area contributed by atoms with Gasteiger partial charge in [-0.05, 0) is 23.8 Å². The fraction of sp³-hybridized carbons (Fsp3) is 0.0625. The van der Waals surface area contributed by atoms with E-state index in [0.29, 0.717) is 36.6 Å². The largest absolute Gasteiger partial charge is 0.334 e. The molecule has 2 aromatic carbocycles. The second-order valence-electron chi connectivity index (χ2n) is 5.23. The van der Waals surface area contributed by atoms with Crippen molar-refractivity contribution in [2.24, 2.45) is 5.10 Å². The summed E-state index contributed by atoms with van der Waals surface area (Å²) >= 11 is 25.4. The predicted molar refractivity (Wildman–Crippen MR) is 114 cm³/mol. The van der Waals surface area contributed by atoms with E-state index in [0.717, 1.165) is 5.56 Å². The van der Waals surface area contributed by atoms with Gasteiger partial charge in [0.25, 0.3) is 5.95 Å². The van der Waals surface area contributed by atoms with Gasteiger partial charge in [0.15, 0.2) is 0 Å². The number of hydrazone groups is 1. The lowest BCUT2D eigenvalue weighted by molar-refractivity contribution is 0.847. The minimum atomic E-state index is 0.279. The first-order chi connectivity index (χ1) is 13.0. The van der Waals surface area contributed by atoms with E-state index in [1.165, 1.54) is 22.7 Å². The van der Waals surface area contributed by atoms with Crippen LogP contribution in [0.3, 0.4) is 0 Å². The summed E-state index contributed by atoms with van der Waals surface area (Å²) in [5, 5.41) is 14.5. The topological polar surface area (TPSA) is 81.1 Å². The fourth-order valence-electron chi connectivity index (χ4n) is 2.01. The van der Waals surface area contributed by atoms with Crippen molar-refractivity contribution in [2.45, 2.75) is 10.9 Å². The average Bonchev–Trinajstić information content (AvgIpc) is 3.00. The first-order valence-corrected chi connectivity index (χ1v) is 9.95. The molecule has 0 saturated carbocycles. The maximum absolute atomic E-state index is 6.10. The summed E-state index contributed by atoms with van der Waals surface area (Å²) in [5.74, 6) is 6.88. The Balaban J connectivity index is 1.63. The van der Waals surface area contributed by atoms with Crippen LogP contribution in [0.25, 0.3) is 0 Å². The SMILES string of the molecule is Nn1c(N/N=C/c2cccc(Cl)c2Cl)nnc1SCc1ccc(Cl)c(Cl)c1. The Bertz CT molecular complexity index is 991. The van der Waals surface area contributed by atoms with Gasteiger partial charge in [0, 0.05) is 11.3 Å². The number of halogens is 4. The Morgan fingerprint density at radius 2 is 1.89 bits per heavy atom. The quantitative estimate of drug-likeness (QED) is 0.224. The van der Waals surface area contributed by atoms with Gasteiger partial charge in [-0.1, -0.05) is 76.4 Å². The summed E-state index contributed by atoms with van der Waals surface area (Å²) in [6, 6.07) is 10.7. The molecule has 0 aliphatic rings. The van der Waals surface area contributed by atoms with Gasteiger partial charge >= 0.3 is 0 Å². The zero-order chi connectivity index (χ0) is 19.4. The molecule has 6 nitrogen and oxygen atoms in total. The standard InChI is InChI=1S/C16H12Cl4N6S/c17-11-5-4-9(6-13(11)19)8-27-16-25-24-15(26(16)21)23-22-7-10-2-1-3-12(18)14(10)20/h1-7H,8,21H2,(H,23,24)/b22-7+. The summed E-state index contributed by atoms with van der Waals surface area (Å²) in [7, 11) is 0. The molecule has 0 radical (unpaired) electrons. The highest BCUT2D eigenvalue weighted by Crippen LogP contribution is 2.27. The highest BCUT2D eigenvalue weighted by atomic mass is 35.5. The van der Waals surface area contributed by atoms with Crippen LogP contribution in [0.15, 0.2) is 46.7 Å². The third-order valence-corrected chi connectivity index (χ3v) is 5.95. The zero-order valence-electron chi connectivity index (χ0n) is 13.5. The number of rotatable bonds is 6. The zero-order valence-corrected chi connectivity index (χ0v) is 17.4. The van der Waals surface area contributed by atoms with Gasteiger partial charge in [0.1, 0.15) is 0 Å². The molecule has 3 N–H and O–H groups in total. The van der Waals surface area contributed by atoms with Crippen molar-refractivity contribution in [1.29, 1.82) is 0 Å². The molecule has 1 aromatic heterocycles. The summed E-state index contributed by atoms with van der Waals surface area (Å²) in [6.45, 7) is 0. The average molecular weight is 462 g/mol. The number of anilines is 1.